The van der Waals surface area contributed by atoms with Crippen molar-refractivity contribution in [3.05, 3.63) is 35.4 Å². The van der Waals surface area contributed by atoms with Crippen LogP contribution in [-0.4, -0.2) is 30.3 Å². The molecule has 0 bridgehead atoms. The highest BCUT2D eigenvalue weighted by atomic mass is 16.5. The number of esters is 1. The average Bonchev–Trinajstić information content (AvgIpc) is 2.56. The Kier molecular flexibility index (Phi) is 9.71. The molecular formula is C18H25O5-. The van der Waals surface area contributed by atoms with Crippen molar-refractivity contribution in [1.82, 2.24) is 0 Å². The van der Waals surface area contributed by atoms with Gasteiger partial charge in [-0.3, -0.25) is 0 Å². The van der Waals surface area contributed by atoms with Gasteiger partial charge in [0.15, 0.2) is 0 Å². The molecule has 5 nitrogen and oxygen atoms in total. The lowest BCUT2D eigenvalue weighted by molar-refractivity contribution is -0.255. The average molecular weight is 321 g/mol. The number of carboxylic acids is 1. The maximum Gasteiger partial charge on any atom is 0.338 e. The summed E-state index contributed by atoms with van der Waals surface area (Å²) in [6, 6.07) is 5.53. The van der Waals surface area contributed by atoms with Crippen LogP contribution < -0.4 is 5.11 Å². The maximum absolute atomic E-state index is 11.8. The molecule has 0 aliphatic rings. The van der Waals surface area contributed by atoms with Crippen molar-refractivity contribution in [3.63, 3.8) is 0 Å². The Labute approximate surface area is 137 Å². The number of carbonyl (C=O) groups is 2. The van der Waals surface area contributed by atoms with Gasteiger partial charge in [0.2, 0.25) is 0 Å². The summed E-state index contributed by atoms with van der Waals surface area (Å²) in [4.78, 5) is 22.4. The molecule has 0 aromatic heterocycles. The summed E-state index contributed by atoms with van der Waals surface area (Å²) in [5.74, 6) is -1.69. The van der Waals surface area contributed by atoms with Gasteiger partial charge in [-0.15, -0.1) is 0 Å². The van der Waals surface area contributed by atoms with Crippen LogP contribution in [0.2, 0.25) is 0 Å². The van der Waals surface area contributed by atoms with E-state index in [0.717, 1.165) is 38.5 Å². The summed E-state index contributed by atoms with van der Waals surface area (Å²) in [6.45, 7) is 0.660. The third kappa shape index (κ3) is 8.35. The molecule has 0 aliphatic carbocycles. The molecule has 5 heteroatoms. The molecule has 0 radical (unpaired) electrons. The van der Waals surface area contributed by atoms with Crippen LogP contribution in [0, 0.1) is 0 Å². The molecule has 0 saturated carbocycles. The van der Waals surface area contributed by atoms with Crippen LogP contribution >= 0.6 is 0 Å². The van der Waals surface area contributed by atoms with E-state index >= 15 is 0 Å². The van der Waals surface area contributed by atoms with Crippen LogP contribution in [-0.2, 0) is 4.74 Å². The topological polar surface area (TPSA) is 86.7 Å². The highest BCUT2D eigenvalue weighted by Crippen LogP contribution is 2.09. The number of benzene rings is 1. The van der Waals surface area contributed by atoms with Gasteiger partial charge >= 0.3 is 5.97 Å². The van der Waals surface area contributed by atoms with Gasteiger partial charge in [-0.2, -0.15) is 0 Å². The smallest absolute Gasteiger partial charge is 0.338 e. The molecule has 0 atom stereocenters. The minimum absolute atomic E-state index is 0.0422. The normalized spacial score (nSPS) is 10.5. The lowest BCUT2D eigenvalue weighted by atomic mass is 10.1. The molecule has 0 amide bonds. The van der Waals surface area contributed by atoms with Gasteiger partial charge in [0, 0.05) is 6.61 Å². The van der Waals surface area contributed by atoms with Crippen molar-refractivity contribution < 1.29 is 24.5 Å². The molecule has 1 rings (SSSR count). The van der Waals surface area contributed by atoms with E-state index in [1.54, 1.807) is 0 Å². The maximum atomic E-state index is 11.8. The highest BCUT2D eigenvalue weighted by molar-refractivity contribution is 5.91. The molecule has 0 heterocycles. The van der Waals surface area contributed by atoms with Gasteiger partial charge in [0.25, 0.3) is 0 Å². The summed E-state index contributed by atoms with van der Waals surface area (Å²) in [6.07, 6.45) is 8.48. The van der Waals surface area contributed by atoms with Crippen LogP contribution in [0.5, 0.6) is 0 Å². The fraction of sp³-hybridized carbons (Fsp3) is 0.556. The van der Waals surface area contributed by atoms with Crippen molar-refractivity contribution in [2.45, 2.75) is 51.4 Å². The first-order valence-corrected chi connectivity index (χ1v) is 8.24. The number of aliphatic hydroxyl groups is 1. The van der Waals surface area contributed by atoms with E-state index in [1.807, 2.05) is 0 Å². The number of aliphatic hydroxyl groups excluding tert-OH is 1. The third-order valence-corrected chi connectivity index (χ3v) is 3.64. The highest BCUT2D eigenvalue weighted by Gasteiger charge is 2.06. The second-order valence-corrected chi connectivity index (χ2v) is 5.55. The molecule has 1 N–H and O–H groups in total. The Morgan fingerprint density at radius 2 is 1.30 bits per heavy atom. The van der Waals surface area contributed by atoms with E-state index in [9.17, 15) is 14.7 Å². The minimum Gasteiger partial charge on any atom is -0.545 e. The Balaban J connectivity index is 2.07. The molecule has 0 saturated heterocycles. The van der Waals surface area contributed by atoms with Gasteiger partial charge in [0.1, 0.15) is 0 Å². The zero-order valence-electron chi connectivity index (χ0n) is 13.5. The monoisotopic (exact) mass is 321 g/mol. The van der Waals surface area contributed by atoms with Gasteiger partial charge in [-0.25, -0.2) is 4.79 Å². The molecule has 1 aromatic carbocycles. The zero-order valence-corrected chi connectivity index (χ0v) is 13.5. The van der Waals surface area contributed by atoms with Crippen LogP contribution in [0.3, 0.4) is 0 Å². The summed E-state index contributed by atoms with van der Waals surface area (Å²) < 4.78 is 5.16. The molecule has 0 aliphatic heterocycles. The molecule has 0 spiro atoms. The van der Waals surface area contributed by atoms with E-state index in [-0.39, 0.29) is 12.2 Å². The second-order valence-electron chi connectivity index (χ2n) is 5.55. The first kappa shape index (κ1) is 19.2. The number of carbonyl (C=O) groups excluding carboxylic acids is 2. The molecule has 0 fully saturated rings. The lowest BCUT2D eigenvalue weighted by Crippen LogP contribution is -2.22. The Hall–Kier alpha value is -1.88. The summed E-state index contributed by atoms with van der Waals surface area (Å²) in [5, 5.41) is 19.3. The predicted molar refractivity (Wildman–Crippen MR) is 85.1 cm³/mol. The van der Waals surface area contributed by atoms with Gasteiger partial charge in [-0.05, 0) is 30.5 Å². The van der Waals surface area contributed by atoms with E-state index < -0.39 is 11.9 Å². The number of carboxylic acid groups (broad SMARTS) is 1. The number of unbranched alkanes of at least 4 members (excludes halogenated alkanes) is 7. The van der Waals surface area contributed by atoms with Gasteiger partial charge < -0.3 is 19.7 Å². The van der Waals surface area contributed by atoms with Crippen molar-refractivity contribution in [2.75, 3.05) is 13.2 Å². The number of hydrogen-bond acceptors (Lipinski definition) is 5. The first-order chi connectivity index (χ1) is 11.1. The van der Waals surface area contributed by atoms with Crippen LogP contribution in [0.15, 0.2) is 24.3 Å². The SMILES string of the molecule is O=C([O-])c1ccc(C(=O)OCCCCCCCCCCO)cc1. The van der Waals surface area contributed by atoms with E-state index in [0.29, 0.717) is 12.2 Å². The molecule has 23 heavy (non-hydrogen) atoms. The van der Waals surface area contributed by atoms with Crippen molar-refractivity contribution in [3.8, 4) is 0 Å². The number of ether oxygens (including phenoxy) is 1. The number of hydrogen-bond donors (Lipinski definition) is 1. The zero-order chi connectivity index (χ0) is 16.9. The first-order valence-electron chi connectivity index (χ1n) is 8.24. The Bertz CT molecular complexity index is 467. The Morgan fingerprint density at radius 1 is 0.826 bits per heavy atom. The molecule has 128 valence electrons. The van der Waals surface area contributed by atoms with Crippen LogP contribution in [0.1, 0.15) is 72.1 Å². The standard InChI is InChI=1S/C18H26O5/c19-13-7-5-3-1-2-4-6-8-14-23-18(22)16-11-9-15(10-12-16)17(20)21/h9-12,19H,1-8,13-14H2,(H,20,21)/p-1. The van der Waals surface area contributed by atoms with E-state index in [2.05, 4.69) is 0 Å². The van der Waals surface area contributed by atoms with Crippen LogP contribution in [0.4, 0.5) is 0 Å². The quantitative estimate of drug-likeness (QED) is 0.471. The predicted octanol–water partition coefficient (Wildman–Crippen LogP) is 2.32. The number of rotatable bonds is 12. The van der Waals surface area contributed by atoms with E-state index in [1.165, 1.54) is 37.1 Å². The van der Waals surface area contributed by atoms with Gasteiger partial charge in [0.05, 0.1) is 18.1 Å². The summed E-state index contributed by atoms with van der Waals surface area (Å²) >= 11 is 0. The number of aromatic carboxylic acids is 1. The summed E-state index contributed by atoms with van der Waals surface area (Å²) in [5.41, 5.74) is 0.388. The molecule has 0 unspecified atom stereocenters. The fourth-order valence-electron chi connectivity index (χ4n) is 2.27. The largest absolute Gasteiger partial charge is 0.545 e. The lowest BCUT2D eigenvalue weighted by Gasteiger charge is -2.06. The van der Waals surface area contributed by atoms with Crippen molar-refractivity contribution in [2.24, 2.45) is 0 Å². The van der Waals surface area contributed by atoms with E-state index in [4.69, 9.17) is 9.84 Å². The van der Waals surface area contributed by atoms with Gasteiger partial charge in [-0.1, -0.05) is 50.7 Å². The van der Waals surface area contributed by atoms with Crippen LogP contribution in [0.25, 0.3) is 0 Å². The molecular weight excluding hydrogens is 296 g/mol. The minimum atomic E-state index is -1.26. The van der Waals surface area contributed by atoms with Crippen molar-refractivity contribution in [1.29, 1.82) is 0 Å². The molecule has 1 aromatic rings. The Morgan fingerprint density at radius 3 is 1.83 bits per heavy atom. The second kappa shape index (κ2) is 11.7. The summed E-state index contributed by atoms with van der Waals surface area (Å²) in [7, 11) is 0. The third-order valence-electron chi connectivity index (χ3n) is 3.64. The fourth-order valence-corrected chi connectivity index (χ4v) is 2.27. The van der Waals surface area contributed by atoms with Crippen molar-refractivity contribution >= 4 is 11.9 Å².